The highest BCUT2D eigenvalue weighted by molar-refractivity contribution is 5.47. The van der Waals surface area contributed by atoms with Gasteiger partial charge in [-0.15, -0.1) is 0 Å². The number of nitrogens with zero attached hydrogens (tertiary/aromatic N) is 3. The van der Waals surface area contributed by atoms with Gasteiger partial charge >= 0.3 is 0 Å². The molecule has 0 saturated heterocycles. The van der Waals surface area contributed by atoms with Gasteiger partial charge < -0.3 is 10.6 Å². The van der Waals surface area contributed by atoms with Gasteiger partial charge in [0.2, 0.25) is 0 Å². The van der Waals surface area contributed by atoms with Gasteiger partial charge in [0.15, 0.2) is 0 Å². The predicted molar refractivity (Wildman–Crippen MR) is 77.2 cm³/mol. The molecule has 100 valence electrons. The first-order valence-corrected chi connectivity index (χ1v) is 6.43. The van der Waals surface area contributed by atoms with Crippen LogP contribution in [-0.2, 0) is 6.54 Å². The number of aromatic nitrogens is 3. The van der Waals surface area contributed by atoms with Gasteiger partial charge in [-0.2, -0.15) is 0 Å². The SMILES string of the molecule is CCNc1cc(NCc2ncccc2C)nc(C)n1. The molecule has 0 aliphatic carbocycles. The minimum Gasteiger partial charge on any atom is -0.370 e. The molecule has 0 aliphatic heterocycles. The van der Waals surface area contributed by atoms with Gasteiger partial charge in [-0.25, -0.2) is 9.97 Å². The van der Waals surface area contributed by atoms with E-state index in [0.29, 0.717) is 6.54 Å². The third-order valence-corrected chi connectivity index (χ3v) is 2.75. The zero-order valence-electron chi connectivity index (χ0n) is 11.6. The lowest BCUT2D eigenvalue weighted by Gasteiger charge is -2.10. The molecule has 0 spiro atoms. The van der Waals surface area contributed by atoms with E-state index in [-0.39, 0.29) is 0 Å². The predicted octanol–water partition coefficient (Wildman–Crippen LogP) is 2.53. The van der Waals surface area contributed by atoms with Crippen molar-refractivity contribution in [3.63, 3.8) is 0 Å². The fraction of sp³-hybridized carbons (Fsp3) is 0.357. The average Bonchev–Trinajstić information content (AvgIpc) is 2.37. The largest absolute Gasteiger partial charge is 0.370 e. The second-order valence-corrected chi connectivity index (χ2v) is 4.34. The molecule has 0 bridgehead atoms. The Morgan fingerprint density at radius 1 is 1.11 bits per heavy atom. The van der Waals surface area contributed by atoms with Crippen LogP contribution in [0.3, 0.4) is 0 Å². The third-order valence-electron chi connectivity index (χ3n) is 2.75. The monoisotopic (exact) mass is 257 g/mol. The van der Waals surface area contributed by atoms with E-state index in [1.54, 1.807) is 6.20 Å². The van der Waals surface area contributed by atoms with Crippen molar-refractivity contribution in [2.24, 2.45) is 0 Å². The molecule has 5 heteroatoms. The molecule has 0 saturated carbocycles. The van der Waals surface area contributed by atoms with Crippen LogP contribution in [0, 0.1) is 13.8 Å². The lowest BCUT2D eigenvalue weighted by molar-refractivity contribution is 0.977. The summed E-state index contributed by atoms with van der Waals surface area (Å²) >= 11 is 0. The number of aryl methyl sites for hydroxylation is 2. The Labute approximate surface area is 113 Å². The number of rotatable bonds is 5. The lowest BCUT2D eigenvalue weighted by Crippen LogP contribution is -2.08. The van der Waals surface area contributed by atoms with E-state index in [1.807, 2.05) is 26.0 Å². The average molecular weight is 257 g/mol. The molecule has 0 amide bonds. The quantitative estimate of drug-likeness (QED) is 0.861. The second kappa shape index (κ2) is 6.13. The maximum Gasteiger partial charge on any atom is 0.132 e. The van der Waals surface area contributed by atoms with Crippen LogP contribution in [0.1, 0.15) is 24.0 Å². The summed E-state index contributed by atoms with van der Waals surface area (Å²) in [7, 11) is 0. The smallest absolute Gasteiger partial charge is 0.132 e. The molecule has 0 fully saturated rings. The highest BCUT2D eigenvalue weighted by atomic mass is 15.1. The van der Waals surface area contributed by atoms with E-state index in [4.69, 9.17) is 0 Å². The molecular weight excluding hydrogens is 238 g/mol. The molecule has 2 rings (SSSR count). The minimum atomic E-state index is 0.661. The number of pyridine rings is 1. The molecule has 2 aromatic heterocycles. The zero-order chi connectivity index (χ0) is 13.7. The maximum absolute atomic E-state index is 4.37. The number of hydrogen-bond acceptors (Lipinski definition) is 5. The van der Waals surface area contributed by atoms with E-state index in [0.717, 1.165) is 29.7 Å². The second-order valence-electron chi connectivity index (χ2n) is 4.34. The van der Waals surface area contributed by atoms with Gasteiger partial charge in [0.25, 0.3) is 0 Å². The molecule has 0 aliphatic rings. The molecule has 0 aromatic carbocycles. The summed E-state index contributed by atoms with van der Waals surface area (Å²) in [5.74, 6) is 2.41. The van der Waals surface area contributed by atoms with Gasteiger partial charge in [0, 0.05) is 18.8 Å². The Balaban J connectivity index is 2.09. The summed E-state index contributed by atoms with van der Waals surface area (Å²) in [4.78, 5) is 13.0. The van der Waals surface area contributed by atoms with Gasteiger partial charge in [0.05, 0.1) is 12.2 Å². The molecule has 19 heavy (non-hydrogen) atoms. The Morgan fingerprint density at radius 2 is 1.84 bits per heavy atom. The van der Waals surface area contributed by atoms with Gasteiger partial charge in [0.1, 0.15) is 17.5 Å². The van der Waals surface area contributed by atoms with Crippen LogP contribution in [0.15, 0.2) is 24.4 Å². The topological polar surface area (TPSA) is 62.7 Å². The number of anilines is 2. The Hall–Kier alpha value is -2.17. The van der Waals surface area contributed by atoms with Crippen LogP contribution in [-0.4, -0.2) is 21.5 Å². The van der Waals surface area contributed by atoms with E-state index in [2.05, 4.69) is 38.6 Å². The summed E-state index contributed by atoms with van der Waals surface area (Å²) in [5.41, 5.74) is 2.21. The fourth-order valence-corrected chi connectivity index (χ4v) is 1.81. The van der Waals surface area contributed by atoms with Crippen molar-refractivity contribution in [1.29, 1.82) is 0 Å². The van der Waals surface area contributed by atoms with E-state index < -0.39 is 0 Å². The summed E-state index contributed by atoms with van der Waals surface area (Å²) in [6.45, 7) is 7.49. The Morgan fingerprint density at radius 3 is 2.53 bits per heavy atom. The molecule has 5 nitrogen and oxygen atoms in total. The van der Waals surface area contributed by atoms with E-state index in [1.165, 1.54) is 5.56 Å². The molecule has 0 radical (unpaired) electrons. The van der Waals surface area contributed by atoms with Crippen molar-refractivity contribution >= 4 is 11.6 Å². The first-order chi connectivity index (χ1) is 9.19. The van der Waals surface area contributed by atoms with Crippen molar-refractivity contribution in [3.8, 4) is 0 Å². The summed E-state index contributed by atoms with van der Waals surface area (Å²) < 4.78 is 0. The highest BCUT2D eigenvalue weighted by Gasteiger charge is 2.03. The van der Waals surface area contributed by atoms with E-state index in [9.17, 15) is 0 Å². The summed E-state index contributed by atoms with van der Waals surface area (Å²) in [5, 5.41) is 6.48. The first-order valence-electron chi connectivity index (χ1n) is 6.43. The van der Waals surface area contributed by atoms with E-state index >= 15 is 0 Å². The summed E-state index contributed by atoms with van der Waals surface area (Å²) in [6, 6.07) is 5.91. The van der Waals surface area contributed by atoms with Crippen LogP contribution in [0.4, 0.5) is 11.6 Å². The lowest BCUT2D eigenvalue weighted by atomic mass is 10.2. The van der Waals surface area contributed by atoms with Crippen LogP contribution in [0.2, 0.25) is 0 Å². The van der Waals surface area contributed by atoms with Crippen molar-refractivity contribution in [1.82, 2.24) is 15.0 Å². The van der Waals surface area contributed by atoms with Gasteiger partial charge in [-0.05, 0) is 32.4 Å². The zero-order valence-corrected chi connectivity index (χ0v) is 11.6. The van der Waals surface area contributed by atoms with Crippen LogP contribution >= 0.6 is 0 Å². The molecule has 0 atom stereocenters. The van der Waals surface area contributed by atoms with Crippen molar-refractivity contribution < 1.29 is 0 Å². The maximum atomic E-state index is 4.37. The fourth-order valence-electron chi connectivity index (χ4n) is 1.81. The van der Waals surface area contributed by atoms with Crippen molar-refractivity contribution in [3.05, 3.63) is 41.5 Å². The minimum absolute atomic E-state index is 0.661. The number of hydrogen-bond donors (Lipinski definition) is 2. The van der Waals surface area contributed by atoms with Crippen LogP contribution in [0.5, 0.6) is 0 Å². The van der Waals surface area contributed by atoms with Gasteiger partial charge in [-0.3, -0.25) is 4.98 Å². The Bertz CT molecular complexity index is 553. The third kappa shape index (κ3) is 3.64. The first kappa shape index (κ1) is 13.3. The van der Waals surface area contributed by atoms with Crippen LogP contribution in [0.25, 0.3) is 0 Å². The molecule has 0 unspecified atom stereocenters. The molecule has 2 heterocycles. The summed E-state index contributed by atoms with van der Waals surface area (Å²) in [6.07, 6.45) is 1.80. The molecular formula is C14H19N5. The van der Waals surface area contributed by atoms with Crippen LogP contribution < -0.4 is 10.6 Å². The van der Waals surface area contributed by atoms with Gasteiger partial charge in [-0.1, -0.05) is 6.07 Å². The Kier molecular flexibility index (Phi) is 4.28. The number of nitrogens with one attached hydrogen (secondary N) is 2. The highest BCUT2D eigenvalue weighted by Crippen LogP contribution is 2.12. The normalized spacial score (nSPS) is 10.3. The molecule has 2 aromatic rings. The van der Waals surface area contributed by atoms with Crippen molar-refractivity contribution in [2.45, 2.75) is 27.3 Å². The molecule has 2 N–H and O–H groups in total. The standard InChI is InChI=1S/C14H19N5/c1-4-15-13-8-14(19-11(3)18-13)17-9-12-10(2)6-5-7-16-12/h5-8H,4,9H2,1-3H3,(H2,15,17,18,19). The van der Waals surface area contributed by atoms with Crippen molar-refractivity contribution in [2.75, 3.05) is 17.2 Å².